The predicted molar refractivity (Wildman–Crippen MR) is 135 cm³/mol. The van der Waals surface area contributed by atoms with Crippen molar-refractivity contribution in [3.05, 3.63) is 99.1 Å². The third kappa shape index (κ3) is 5.40. The quantitative estimate of drug-likeness (QED) is 0.307. The average Bonchev–Trinajstić information content (AvgIpc) is 3.21. The molecule has 1 aromatic heterocycles. The number of halogens is 3. The van der Waals surface area contributed by atoms with Gasteiger partial charge in [-0.25, -0.2) is 31.2 Å². The molecule has 0 N–H and O–H groups in total. The molecule has 0 fully saturated rings. The summed E-state index contributed by atoms with van der Waals surface area (Å²) in [6.07, 6.45) is 1.09. The van der Waals surface area contributed by atoms with Crippen LogP contribution in [-0.4, -0.2) is 37.7 Å². The summed E-state index contributed by atoms with van der Waals surface area (Å²) < 4.78 is 55.9. The number of rotatable bonds is 6. The predicted octanol–water partition coefficient (Wildman–Crippen LogP) is 5.51. The van der Waals surface area contributed by atoms with Gasteiger partial charge in [-0.1, -0.05) is 35.9 Å². The highest BCUT2D eigenvalue weighted by Crippen LogP contribution is 2.24. The zero-order valence-electron chi connectivity index (χ0n) is 18.6. The first-order valence-electron chi connectivity index (χ1n) is 10.2. The Labute approximate surface area is 210 Å². The van der Waals surface area contributed by atoms with Gasteiger partial charge in [0, 0.05) is 30.1 Å². The summed E-state index contributed by atoms with van der Waals surface area (Å²) in [5.74, 6) is -1.50. The maximum absolute atomic E-state index is 14.2. The molecule has 11 heteroatoms. The zero-order chi connectivity index (χ0) is 25.2. The van der Waals surface area contributed by atoms with E-state index in [1.165, 1.54) is 48.3 Å². The molecule has 0 saturated carbocycles. The van der Waals surface area contributed by atoms with Crippen molar-refractivity contribution in [2.24, 2.45) is 10.1 Å². The van der Waals surface area contributed by atoms with Crippen molar-refractivity contribution < 1.29 is 17.2 Å². The second-order valence-corrected chi connectivity index (χ2v) is 10.9. The van der Waals surface area contributed by atoms with E-state index in [-0.39, 0.29) is 10.5 Å². The van der Waals surface area contributed by atoms with Gasteiger partial charge < -0.3 is 0 Å². The standard InChI is InChI=1S/C24H19ClF2N4O2S2/c1-30(2)35(32,33)19-6-3-5-18(13-19)29-24-31(28-14-20-21(26)7-4-8-22(20)27)23(15-34-24)16-9-11-17(25)12-10-16/h3-15H,1-2H3. The molecule has 0 amide bonds. The molecule has 0 unspecified atom stereocenters. The zero-order valence-corrected chi connectivity index (χ0v) is 21.0. The van der Waals surface area contributed by atoms with E-state index in [0.717, 1.165) is 28.2 Å². The summed E-state index contributed by atoms with van der Waals surface area (Å²) in [5, 5.41) is 6.66. The summed E-state index contributed by atoms with van der Waals surface area (Å²) in [7, 11) is -0.763. The minimum atomic E-state index is -3.65. The molecule has 0 radical (unpaired) electrons. The Balaban J connectivity index is 1.88. The first-order valence-corrected chi connectivity index (χ1v) is 12.9. The number of hydrogen-bond donors (Lipinski definition) is 0. The Bertz CT molecular complexity index is 1560. The molecular formula is C24H19ClF2N4O2S2. The SMILES string of the molecule is CN(C)S(=O)(=O)c1cccc(N=c2scc(-c3ccc(Cl)cc3)n2N=Cc2c(F)cccc2F)c1. The van der Waals surface area contributed by atoms with Crippen molar-refractivity contribution in [2.75, 3.05) is 14.1 Å². The van der Waals surface area contributed by atoms with Crippen LogP contribution in [-0.2, 0) is 10.0 Å². The van der Waals surface area contributed by atoms with E-state index in [0.29, 0.717) is 21.2 Å². The van der Waals surface area contributed by atoms with E-state index in [1.807, 2.05) is 0 Å². The largest absolute Gasteiger partial charge is 0.242 e. The highest BCUT2D eigenvalue weighted by molar-refractivity contribution is 7.89. The van der Waals surface area contributed by atoms with Gasteiger partial charge >= 0.3 is 0 Å². The van der Waals surface area contributed by atoms with Crippen LogP contribution in [0, 0.1) is 11.6 Å². The van der Waals surface area contributed by atoms with Gasteiger partial charge in [0.1, 0.15) is 11.6 Å². The third-order valence-corrected chi connectivity index (χ3v) is 7.83. The van der Waals surface area contributed by atoms with Gasteiger partial charge in [-0.15, -0.1) is 11.3 Å². The van der Waals surface area contributed by atoms with Crippen LogP contribution in [0.15, 0.2) is 87.1 Å². The molecular weight excluding hydrogens is 514 g/mol. The summed E-state index contributed by atoms with van der Waals surface area (Å²) in [6.45, 7) is 0. The smallest absolute Gasteiger partial charge is 0.220 e. The van der Waals surface area contributed by atoms with Crippen LogP contribution < -0.4 is 4.80 Å². The second kappa shape index (κ2) is 10.2. The molecule has 4 rings (SSSR count). The first-order chi connectivity index (χ1) is 16.7. The van der Waals surface area contributed by atoms with Crippen LogP contribution in [0.2, 0.25) is 5.02 Å². The second-order valence-electron chi connectivity index (χ2n) is 7.50. The van der Waals surface area contributed by atoms with Gasteiger partial charge in [-0.05, 0) is 42.5 Å². The number of nitrogens with zero attached hydrogens (tertiary/aromatic N) is 4. The summed E-state index contributed by atoms with van der Waals surface area (Å²) >= 11 is 7.25. The monoisotopic (exact) mass is 532 g/mol. The van der Waals surface area contributed by atoms with Gasteiger partial charge in [-0.3, -0.25) is 0 Å². The fourth-order valence-electron chi connectivity index (χ4n) is 3.09. The Morgan fingerprint density at radius 3 is 2.31 bits per heavy atom. The molecule has 0 saturated heterocycles. The summed E-state index contributed by atoms with van der Waals surface area (Å²) in [6, 6.07) is 16.7. The molecule has 6 nitrogen and oxygen atoms in total. The van der Waals surface area contributed by atoms with E-state index < -0.39 is 21.7 Å². The lowest BCUT2D eigenvalue weighted by Crippen LogP contribution is -2.22. The van der Waals surface area contributed by atoms with Crippen molar-refractivity contribution in [3.63, 3.8) is 0 Å². The highest BCUT2D eigenvalue weighted by Gasteiger charge is 2.17. The van der Waals surface area contributed by atoms with Crippen molar-refractivity contribution in [1.29, 1.82) is 0 Å². The Kier molecular flexibility index (Phi) is 7.27. The fraction of sp³-hybridized carbons (Fsp3) is 0.0833. The van der Waals surface area contributed by atoms with Gasteiger partial charge in [0.2, 0.25) is 14.8 Å². The topological polar surface area (TPSA) is 67.0 Å². The van der Waals surface area contributed by atoms with E-state index in [2.05, 4.69) is 10.1 Å². The minimum absolute atomic E-state index is 0.0849. The van der Waals surface area contributed by atoms with E-state index in [4.69, 9.17) is 11.6 Å². The summed E-state index contributed by atoms with van der Waals surface area (Å²) in [5.41, 5.74) is 1.44. The van der Waals surface area contributed by atoms with Crippen LogP contribution in [0.3, 0.4) is 0 Å². The maximum atomic E-state index is 14.2. The molecule has 0 bridgehead atoms. The van der Waals surface area contributed by atoms with E-state index >= 15 is 0 Å². The normalized spacial score (nSPS) is 12.7. The number of benzene rings is 3. The van der Waals surface area contributed by atoms with Crippen molar-refractivity contribution in [1.82, 2.24) is 8.98 Å². The van der Waals surface area contributed by atoms with Crippen molar-refractivity contribution in [2.45, 2.75) is 4.90 Å². The molecule has 0 atom stereocenters. The van der Waals surface area contributed by atoms with Gasteiger partial charge in [0.25, 0.3) is 0 Å². The number of hydrogen-bond acceptors (Lipinski definition) is 5. The molecule has 3 aromatic carbocycles. The van der Waals surface area contributed by atoms with Crippen LogP contribution in [0.1, 0.15) is 5.56 Å². The van der Waals surface area contributed by atoms with Crippen LogP contribution in [0.25, 0.3) is 11.3 Å². The average molecular weight is 533 g/mol. The third-order valence-electron chi connectivity index (χ3n) is 4.95. The molecule has 0 aliphatic heterocycles. The lowest BCUT2D eigenvalue weighted by Gasteiger charge is -2.11. The minimum Gasteiger partial charge on any atom is -0.220 e. The van der Waals surface area contributed by atoms with Crippen LogP contribution in [0.4, 0.5) is 14.5 Å². The van der Waals surface area contributed by atoms with Crippen LogP contribution in [0.5, 0.6) is 0 Å². The number of sulfonamides is 1. The van der Waals surface area contributed by atoms with Crippen molar-refractivity contribution in [3.8, 4) is 11.3 Å². The molecule has 35 heavy (non-hydrogen) atoms. The maximum Gasteiger partial charge on any atom is 0.242 e. The number of thiazole rings is 1. The highest BCUT2D eigenvalue weighted by atomic mass is 35.5. The Morgan fingerprint density at radius 1 is 1.00 bits per heavy atom. The fourth-order valence-corrected chi connectivity index (χ4v) is 5.02. The first kappa shape index (κ1) is 24.9. The molecule has 180 valence electrons. The van der Waals surface area contributed by atoms with E-state index in [9.17, 15) is 17.2 Å². The molecule has 0 spiro atoms. The Hall–Kier alpha value is -3.18. The van der Waals surface area contributed by atoms with Gasteiger partial charge in [0.05, 0.1) is 28.1 Å². The Morgan fingerprint density at radius 2 is 1.66 bits per heavy atom. The molecule has 0 aliphatic carbocycles. The number of aromatic nitrogens is 1. The van der Waals surface area contributed by atoms with Crippen molar-refractivity contribution >= 4 is 44.9 Å². The van der Waals surface area contributed by atoms with E-state index in [1.54, 1.807) is 41.8 Å². The lowest BCUT2D eigenvalue weighted by atomic mass is 10.2. The lowest BCUT2D eigenvalue weighted by molar-refractivity contribution is 0.521. The van der Waals surface area contributed by atoms with Gasteiger partial charge in [0.15, 0.2) is 0 Å². The van der Waals surface area contributed by atoms with Gasteiger partial charge in [-0.2, -0.15) is 5.10 Å². The van der Waals surface area contributed by atoms with Crippen LogP contribution >= 0.6 is 22.9 Å². The summed E-state index contributed by atoms with van der Waals surface area (Å²) in [4.78, 5) is 5.01. The molecule has 4 aromatic rings. The molecule has 1 heterocycles. The molecule has 0 aliphatic rings.